The van der Waals surface area contributed by atoms with Gasteiger partial charge in [-0.3, -0.25) is 19.2 Å². The Balaban J connectivity index is 1.37. The highest BCUT2D eigenvalue weighted by atomic mass is 16.2. The summed E-state index contributed by atoms with van der Waals surface area (Å²) in [5.74, 6) is -1.46. The van der Waals surface area contributed by atoms with E-state index in [9.17, 15) is 19.2 Å². The predicted octanol–water partition coefficient (Wildman–Crippen LogP) is 1.51. The Morgan fingerprint density at radius 1 is 0.857 bits per heavy atom. The summed E-state index contributed by atoms with van der Waals surface area (Å²) in [6.45, 7) is 1.86. The van der Waals surface area contributed by atoms with Gasteiger partial charge >= 0.3 is 0 Å². The number of fused-ring (bicyclic) bond motifs is 1. The predicted molar refractivity (Wildman–Crippen MR) is 103 cm³/mol. The van der Waals surface area contributed by atoms with Gasteiger partial charge in [-0.25, -0.2) is 4.99 Å². The zero-order valence-corrected chi connectivity index (χ0v) is 16.2. The summed E-state index contributed by atoms with van der Waals surface area (Å²) in [6.07, 6.45) is 8.68. The van der Waals surface area contributed by atoms with Gasteiger partial charge in [0.25, 0.3) is 5.91 Å². The average Bonchev–Trinajstić information content (AvgIpc) is 2.73. The van der Waals surface area contributed by atoms with Gasteiger partial charge in [0.1, 0.15) is 5.92 Å². The van der Waals surface area contributed by atoms with Crippen LogP contribution in [0.15, 0.2) is 16.6 Å². The number of amides is 3. The van der Waals surface area contributed by atoms with Crippen LogP contribution in [-0.4, -0.2) is 65.2 Å². The van der Waals surface area contributed by atoms with Crippen molar-refractivity contribution in [1.82, 2.24) is 9.80 Å². The summed E-state index contributed by atoms with van der Waals surface area (Å²) in [6, 6.07) is 0. The van der Waals surface area contributed by atoms with Crippen molar-refractivity contribution < 1.29 is 19.2 Å². The number of nitrogens with zero attached hydrogens (tertiary/aromatic N) is 3. The van der Waals surface area contributed by atoms with Gasteiger partial charge in [-0.2, -0.15) is 0 Å². The highest BCUT2D eigenvalue weighted by Crippen LogP contribution is 2.27. The van der Waals surface area contributed by atoms with E-state index >= 15 is 0 Å². The first kappa shape index (κ1) is 19.0. The molecular weight excluding hydrogens is 358 g/mol. The third-order valence-electron chi connectivity index (χ3n) is 6.40. The molecule has 2 aliphatic carbocycles. The zero-order valence-electron chi connectivity index (χ0n) is 16.2. The second kappa shape index (κ2) is 7.97. The van der Waals surface area contributed by atoms with E-state index < -0.39 is 11.8 Å². The molecule has 2 heterocycles. The second-order valence-electron chi connectivity index (χ2n) is 8.22. The molecule has 2 saturated carbocycles. The molecule has 0 aromatic rings. The van der Waals surface area contributed by atoms with Gasteiger partial charge in [0.05, 0.1) is 5.71 Å². The fraction of sp³-hybridized carbons (Fsp3) is 0.667. The molecule has 3 amide bonds. The Hall–Kier alpha value is -2.31. The fourth-order valence-corrected chi connectivity index (χ4v) is 4.72. The maximum Gasteiger partial charge on any atom is 0.262 e. The topological polar surface area (TPSA) is 87.1 Å². The van der Waals surface area contributed by atoms with E-state index in [1.165, 1.54) is 12.5 Å². The van der Waals surface area contributed by atoms with Crippen LogP contribution in [-0.2, 0) is 19.2 Å². The molecule has 0 radical (unpaired) electrons. The summed E-state index contributed by atoms with van der Waals surface area (Å²) in [5.41, 5.74) is 0.989. The number of aliphatic imine (C=N–C) groups is 1. The molecule has 3 fully saturated rings. The Morgan fingerprint density at radius 2 is 1.50 bits per heavy atom. The van der Waals surface area contributed by atoms with E-state index in [0.29, 0.717) is 56.7 Å². The van der Waals surface area contributed by atoms with Crippen molar-refractivity contribution in [3.8, 4) is 0 Å². The molecule has 0 N–H and O–H groups in total. The highest BCUT2D eigenvalue weighted by Gasteiger charge is 2.37. The number of dihydropyridines is 1. The molecule has 0 bridgehead atoms. The Bertz CT molecular complexity index is 756. The number of carbonyl (C=O) groups excluding carboxylic acids is 4. The van der Waals surface area contributed by atoms with Crippen LogP contribution in [0.3, 0.4) is 0 Å². The maximum atomic E-state index is 12.9. The highest BCUT2D eigenvalue weighted by molar-refractivity contribution is 6.28. The molecule has 150 valence electrons. The van der Waals surface area contributed by atoms with Crippen LogP contribution < -0.4 is 0 Å². The Morgan fingerprint density at radius 3 is 2.18 bits per heavy atom. The lowest BCUT2D eigenvalue weighted by Gasteiger charge is -2.38. The smallest absolute Gasteiger partial charge is 0.262 e. The van der Waals surface area contributed by atoms with E-state index in [1.807, 2.05) is 4.90 Å². The molecule has 7 nitrogen and oxygen atoms in total. The van der Waals surface area contributed by atoms with Gasteiger partial charge in [0.15, 0.2) is 5.78 Å². The fourth-order valence-electron chi connectivity index (χ4n) is 4.72. The van der Waals surface area contributed by atoms with E-state index in [4.69, 9.17) is 0 Å². The van der Waals surface area contributed by atoms with Gasteiger partial charge < -0.3 is 9.80 Å². The van der Waals surface area contributed by atoms with Crippen molar-refractivity contribution in [2.45, 2.75) is 51.4 Å². The zero-order chi connectivity index (χ0) is 19.7. The number of Topliss-reactive ketones (excluding diaryl/α,β-unsaturated/α-hetero) is 1. The first-order chi connectivity index (χ1) is 13.5. The molecule has 7 heteroatoms. The third-order valence-corrected chi connectivity index (χ3v) is 6.40. The summed E-state index contributed by atoms with van der Waals surface area (Å²) >= 11 is 0. The van der Waals surface area contributed by atoms with Crippen molar-refractivity contribution in [2.75, 3.05) is 26.2 Å². The SMILES string of the molecule is O=C1CCCC2=NC(=O)C(C(=O)N3CCN(C(=O)C4CCCCC4)CC3)C=C12. The lowest BCUT2D eigenvalue weighted by molar-refractivity contribution is -0.146. The summed E-state index contributed by atoms with van der Waals surface area (Å²) in [5, 5.41) is 0. The molecular formula is C21H27N3O4. The van der Waals surface area contributed by atoms with Crippen molar-refractivity contribution >= 4 is 29.2 Å². The van der Waals surface area contributed by atoms with Crippen LogP contribution in [0.25, 0.3) is 0 Å². The molecule has 0 spiro atoms. The molecule has 4 rings (SSSR count). The molecule has 4 aliphatic rings. The Kier molecular flexibility index (Phi) is 5.42. The summed E-state index contributed by atoms with van der Waals surface area (Å²) in [4.78, 5) is 57.6. The average molecular weight is 385 g/mol. The van der Waals surface area contributed by atoms with Gasteiger partial charge in [-0.05, 0) is 25.7 Å². The van der Waals surface area contributed by atoms with Gasteiger partial charge in [0, 0.05) is 44.1 Å². The van der Waals surface area contributed by atoms with E-state index in [-0.39, 0.29) is 23.5 Å². The number of piperazine rings is 1. The number of ketones is 1. The minimum Gasteiger partial charge on any atom is -0.339 e. The van der Waals surface area contributed by atoms with Crippen molar-refractivity contribution in [3.63, 3.8) is 0 Å². The molecule has 0 aromatic heterocycles. The van der Waals surface area contributed by atoms with Crippen molar-refractivity contribution in [1.29, 1.82) is 0 Å². The largest absolute Gasteiger partial charge is 0.339 e. The number of hydrogen-bond acceptors (Lipinski definition) is 4. The van der Waals surface area contributed by atoms with Crippen LogP contribution in [0.4, 0.5) is 0 Å². The van der Waals surface area contributed by atoms with Crippen LogP contribution in [0.1, 0.15) is 51.4 Å². The lowest BCUT2D eigenvalue weighted by atomic mass is 9.86. The number of carbonyl (C=O) groups is 4. The standard InChI is InChI=1S/C21H27N3O4/c25-18-8-4-7-17-15(18)13-16(19(26)22-17)21(28)24-11-9-23(10-12-24)20(27)14-5-2-1-3-6-14/h13-14,16H,1-12H2. The minimum atomic E-state index is -0.999. The van der Waals surface area contributed by atoms with Crippen molar-refractivity contribution in [3.05, 3.63) is 11.6 Å². The van der Waals surface area contributed by atoms with Crippen molar-refractivity contribution in [2.24, 2.45) is 16.8 Å². The molecule has 0 aromatic carbocycles. The second-order valence-corrected chi connectivity index (χ2v) is 8.22. The Labute approximate surface area is 164 Å². The third kappa shape index (κ3) is 3.66. The van der Waals surface area contributed by atoms with Gasteiger partial charge in [-0.15, -0.1) is 0 Å². The van der Waals surface area contributed by atoms with Crippen LogP contribution in [0, 0.1) is 11.8 Å². The molecule has 1 atom stereocenters. The van der Waals surface area contributed by atoms with E-state index in [0.717, 1.165) is 25.7 Å². The summed E-state index contributed by atoms with van der Waals surface area (Å²) in [7, 11) is 0. The number of hydrogen-bond donors (Lipinski definition) is 0. The lowest BCUT2D eigenvalue weighted by Crippen LogP contribution is -2.54. The first-order valence-corrected chi connectivity index (χ1v) is 10.5. The maximum absolute atomic E-state index is 12.9. The van der Waals surface area contributed by atoms with E-state index in [2.05, 4.69) is 4.99 Å². The summed E-state index contributed by atoms with van der Waals surface area (Å²) < 4.78 is 0. The minimum absolute atomic E-state index is 0.0294. The molecule has 1 unspecified atom stereocenters. The normalized spacial score (nSPS) is 26.5. The monoisotopic (exact) mass is 385 g/mol. The number of allylic oxidation sites excluding steroid dienone is 1. The number of rotatable bonds is 2. The van der Waals surface area contributed by atoms with Crippen LogP contribution in [0.5, 0.6) is 0 Å². The van der Waals surface area contributed by atoms with Crippen LogP contribution >= 0.6 is 0 Å². The van der Waals surface area contributed by atoms with Crippen LogP contribution in [0.2, 0.25) is 0 Å². The first-order valence-electron chi connectivity index (χ1n) is 10.5. The molecule has 28 heavy (non-hydrogen) atoms. The molecule has 2 aliphatic heterocycles. The van der Waals surface area contributed by atoms with Gasteiger partial charge in [-0.1, -0.05) is 25.3 Å². The van der Waals surface area contributed by atoms with Gasteiger partial charge in [0.2, 0.25) is 11.8 Å². The quantitative estimate of drug-likeness (QED) is 0.674. The van der Waals surface area contributed by atoms with E-state index in [1.54, 1.807) is 4.90 Å². The molecule has 1 saturated heterocycles.